The predicted molar refractivity (Wildman–Crippen MR) is 72.6 cm³/mol. The van der Waals surface area contributed by atoms with E-state index in [1.807, 2.05) is 13.8 Å². The molecule has 0 aromatic carbocycles. The van der Waals surface area contributed by atoms with E-state index < -0.39 is 0 Å². The molecule has 2 N–H and O–H groups in total. The van der Waals surface area contributed by atoms with Gasteiger partial charge in [-0.1, -0.05) is 19.8 Å². The van der Waals surface area contributed by atoms with Crippen LogP contribution in [0.3, 0.4) is 0 Å². The number of hydrogen-bond acceptors (Lipinski definition) is 4. The topological polar surface area (TPSA) is 67.2 Å². The Morgan fingerprint density at radius 3 is 2.89 bits per heavy atom. The average Bonchev–Trinajstić information content (AvgIpc) is 3.06. The van der Waals surface area contributed by atoms with Crippen molar-refractivity contribution < 1.29 is 9.21 Å². The van der Waals surface area contributed by atoms with Crippen LogP contribution in [0.2, 0.25) is 0 Å². The summed E-state index contributed by atoms with van der Waals surface area (Å²) >= 11 is 0. The Hall–Kier alpha value is -1.36. The van der Waals surface area contributed by atoms with Crippen molar-refractivity contribution in [2.75, 3.05) is 0 Å². The molecule has 1 heterocycles. The van der Waals surface area contributed by atoms with Crippen LogP contribution in [0.4, 0.5) is 0 Å². The molecule has 1 saturated carbocycles. The minimum Gasteiger partial charge on any atom is -0.444 e. The summed E-state index contributed by atoms with van der Waals surface area (Å²) in [5.41, 5.74) is 0. The van der Waals surface area contributed by atoms with Crippen LogP contribution < -0.4 is 10.6 Å². The third-order valence-corrected chi connectivity index (χ3v) is 3.60. The van der Waals surface area contributed by atoms with E-state index >= 15 is 0 Å². The van der Waals surface area contributed by atoms with Gasteiger partial charge in [-0.3, -0.25) is 10.1 Å². The number of nitrogens with one attached hydrogen (secondary N) is 2. The smallest absolute Gasteiger partial charge is 0.237 e. The van der Waals surface area contributed by atoms with Gasteiger partial charge in [0.2, 0.25) is 11.8 Å². The number of nitrogens with zero attached hydrogens (tertiary/aromatic N) is 1. The highest BCUT2D eigenvalue weighted by atomic mass is 16.4. The summed E-state index contributed by atoms with van der Waals surface area (Å²) in [5, 5.41) is 6.22. The van der Waals surface area contributed by atoms with Crippen LogP contribution in [0.15, 0.2) is 10.6 Å². The molecule has 106 valence electrons. The van der Waals surface area contributed by atoms with E-state index in [4.69, 9.17) is 4.42 Å². The molecule has 1 atom stereocenters. The van der Waals surface area contributed by atoms with Crippen LogP contribution in [0.25, 0.3) is 0 Å². The quantitative estimate of drug-likeness (QED) is 0.822. The average molecular weight is 265 g/mol. The van der Waals surface area contributed by atoms with Crippen LogP contribution in [0.1, 0.15) is 51.2 Å². The molecule has 0 radical (unpaired) electrons. The zero-order valence-corrected chi connectivity index (χ0v) is 11.7. The Kier molecular flexibility index (Phi) is 4.96. The second-order valence-electron chi connectivity index (χ2n) is 5.17. The monoisotopic (exact) mass is 265 g/mol. The maximum atomic E-state index is 12.0. The van der Waals surface area contributed by atoms with Crippen molar-refractivity contribution in [3.05, 3.63) is 17.8 Å². The number of aromatic nitrogens is 1. The molecule has 1 aromatic heterocycles. The lowest BCUT2D eigenvalue weighted by atomic mass is 10.2. The molecule has 1 amide bonds. The van der Waals surface area contributed by atoms with E-state index in [0.717, 1.165) is 25.0 Å². The molecule has 1 aliphatic rings. The standard InChI is InChI=1S/C14H23N3O2/c1-3-12-8-16-13(19-12)9-15-10(2)14(18)17-11-6-4-5-7-11/h8,10-11,15H,3-7,9H2,1-2H3,(H,17,18). The van der Waals surface area contributed by atoms with Gasteiger partial charge in [-0.25, -0.2) is 4.98 Å². The molecule has 1 unspecified atom stereocenters. The SMILES string of the molecule is CCc1cnc(CNC(C)C(=O)NC2CCCC2)o1. The summed E-state index contributed by atoms with van der Waals surface area (Å²) in [6, 6.07) is 0.141. The molecule has 0 bridgehead atoms. The summed E-state index contributed by atoms with van der Waals surface area (Å²) in [7, 11) is 0. The Morgan fingerprint density at radius 2 is 2.26 bits per heavy atom. The minimum atomic E-state index is -0.224. The molecule has 5 heteroatoms. The first-order valence-electron chi connectivity index (χ1n) is 7.16. The van der Waals surface area contributed by atoms with Gasteiger partial charge in [0.05, 0.1) is 18.8 Å². The van der Waals surface area contributed by atoms with E-state index in [1.54, 1.807) is 6.20 Å². The Balaban J connectivity index is 1.73. The third-order valence-electron chi connectivity index (χ3n) is 3.60. The van der Waals surface area contributed by atoms with Crippen molar-refractivity contribution in [3.63, 3.8) is 0 Å². The molecular weight excluding hydrogens is 242 g/mol. The highest BCUT2D eigenvalue weighted by Gasteiger charge is 2.20. The van der Waals surface area contributed by atoms with Crippen molar-refractivity contribution >= 4 is 5.91 Å². The largest absolute Gasteiger partial charge is 0.444 e. The number of carbonyl (C=O) groups is 1. The minimum absolute atomic E-state index is 0.0640. The molecule has 5 nitrogen and oxygen atoms in total. The molecular formula is C14H23N3O2. The van der Waals surface area contributed by atoms with E-state index in [1.165, 1.54) is 12.8 Å². The van der Waals surface area contributed by atoms with Crippen LogP contribution in [0, 0.1) is 0 Å². The molecule has 1 fully saturated rings. The first kappa shape index (κ1) is 14.1. The van der Waals surface area contributed by atoms with E-state index in [-0.39, 0.29) is 11.9 Å². The number of rotatable bonds is 6. The number of hydrogen-bond donors (Lipinski definition) is 2. The lowest BCUT2D eigenvalue weighted by molar-refractivity contribution is -0.123. The van der Waals surface area contributed by atoms with Crippen molar-refractivity contribution in [2.45, 2.75) is 64.6 Å². The Labute approximate surface area is 114 Å². The predicted octanol–water partition coefficient (Wildman–Crippen LogP) is 1.77. The van der Waals surface area contributed by atoms with Gasteiger partial charge in [-0.05, 0) is 19.8 Å². The van der Waals surface area contributed by atoms with Crippen molar-refractivity contribution in [2.24, 2.45) is 0 Å². The molecule has 1 aromatic rings. The maximum absolute atomic E-state index is 12.0. The van der Waals surface area contributed by atoms with Crippen LogP contribution in [0.5, 0.6) is 0 Å². The normalized spacial score (nSPS) is 17.6. The van der Waals surface area contributed by atoms with Gasteiger partial charge in [0.25, 0.3) is 0 Å². The van der Waals surface area contributed by atoms with Gasteiger partial charge >= 0.3 is 0 Å². The van der Waals surface area contributed by atoms with Crippen LogP contribution in [-0.4, -0.2) is 23.0 Å². The second kappa shape index (κ2) is 6.70. The lowest BCUT2D eigenvalue weighted by Gasteiger charge is -2.17. The van der Waals surface area contributed by atoms with Gasteiger partial charge < -0.3 is 9.73 Å². The molecule has 1 aliphatic carbocycles. The molecule has 0 saturated heterocycles. The number of carbonyl (C=O) groups excluding carboxylic acids is 1. The summed E-state index contributed by atoms with van der Waals surface area (Å²) < 4.78 is 5.49. The van der Waals surface area contributed by atoms with Gasteiger partial charge in [-0.15, -0.1) is 0 Å². The van der Waals surface area contributed by atoms with Crippen molar-refractivity contribution in [1.29, 1.82) is 0 Å². The summed E-state index contributed by atoms with van der Waals surface area (Å²) in [6.45, 7) is 4.38. The van der Waals surface area contributed by atoms with E-state index in [2.05, 4.69) is 15.6 Å². The second-order valence-corrected chi connectivity index (χ2v) is 5.17. The van der Waals surface area contributed by atoms with E-state index in [9.17, 15) is 4.79 Å². The number of aryl methyl sites for hydroxylation is 1. The summed E-state index contributed by atoms with van der Waals surface area (Å²) in [5.74, 6) is 1.58. The third kappa shape index (κ3) is 4.06. The first-order chi connectivity index (χ1) is 9.19. The van der Waals surface area contributed by atoms with Gasteiger partial charge in [0.1, 0.15) is 5.76 Å². The fraction of sp³-hybridized carbons (Fsp3) is 0.714. The fourth-order valence-corrected chi connectivity index (χ4v) is 2.32. The highest BCUT2D eigenvalue weighted by Crippen LogP contribution is 2.17. The maximum Gasteiger partial charge on any atom is 0.237 e. The summed E-state index contributed by atoms with van der Waals surface area (Å²) in [4.78, 5) is 16.1. The van der Waals surface area contributed by atoms with Gasteiger partial charge in [0, 0.05) is 12.5 Å². The number of oxazole rings is 1. The molecule has 0 aliphatic heterocycles. The molecule has 2 rings (SSSR count). The molecule has 0 spiro atoms. The first-order valence-corrected chi connectivity index (χ1v) is 7.16. The van der Waals surface area contributed by atoms with E-state index in [0.29, 0.717) is 18.5 Å². The lowest BCUT2D eigenvalue weighted by Crippen LogP contribution is -2.45. The summed E-state index contributed by atoms with van der Waals surface area (Å²) in [6.07, 6.45) is 7.24. The zero-order valence-electron chi connectivity index (χ0n) is 11.7. The Bertz CT molecular complexity index is 411. The fourth-order valence-electron chi connectivity index (χ4n) is 2.32. The Morgan fingerprint density at radius 1 is 1.53 bits per heavy atom. The van der Waals surface area contributed by atoms with Gasteiger partial charge in [-0.2, -0.15) is 0 Å². The van der Waals surface area contributed by atoms with Crippen molar-refractivity contribution in [1.82, 2.24) is 15.6 Å². The van der Waals surface area contributed by atoms with Gasteiger partial charge in [0.15, 0.2) is 0 Å². The highest BCUT2D eigenvalue weighted by molar-refractivity contribution is 5.81. The zero-order chi connectivity index (χ0) is 13.7. The molecule has 19 heavy (non-hydrogen) atoms. The van der Waals surface area contributed by atoms with Crippen molar-refractivity contribution in [3.8, 4) is 0 Å². The van der Waals surface area contributed by atoms with Crippen LogP contribution >= 0.6 is 0 Å². The number of amides is 1. The van der Waals surface area contributed by atoms with Crippen LogP contribution in [-0.2, 0) is 17.8 Å².